The average molecular weight is 307 g/mol. The first-order chi connectivity index (χ1) is 10.3. The Morgan fingerprint density at radius 3 is 2.29 bits per heavy atom. The highest BCUT2D eigenvalue weighted by Crippen LogP contribution is 2.44. The largest absolute Gasteiger partial charge is 0.384 e. The Morgan fingerprint density at radius 2 is 1.62 bits per heavy atom. The topological polar surface area (TPSA) is 15.3 Å². The first-order valence-electron chi connectivity index (χ1n) is 8.48. The van der Waals surface area contributed by atoms with Crippen LogP contribution in [0.25, 0.3) is 0 Å². The number of benzene rings is 1. The zero-order valence-corrected chi connectivity index (χ0v) is 13.7. The van der Waals surface area contributed by atoms with Gasteiger partial charge in [-0.3, -0.25) is 0 Å². The van der Waals surface area contributed by atoms with Crippen molar-refractivity contribution in [2.75, 3.05) is 31.5 Å². The van der Waals surface area contributed by atoms with Crippen LogP contribution in [0.5, 0.6) is 0 Å². The molecule has 0 atom stereocenters. The van der Waals surface area contributed by atoms with E-state index in [1.165, 1.54) is 63.7 Å². The van der Waals surface area contributed by atoms with E-state index in [0.717, 1.165) is 23.5 Å². The molecule has 1 aromatic rings. The lowest BCUT2D eigenvalue weighted by Crippen LogP contribution is -2.42. The van der Waals surface area contributed by atoms with Crippen LogP contribution in [-0.2, 0) is 0 Å². The fourth-order valence-corrected chi connectivity index (χ4v) is 4.10. The number of hydrogen-bond donors (Lipinski definition) is 1. The molecular weight excluding hydrogens is 280 g/mol. The van der Waals surface area contributed by atoms with E-state index in [1.54, 1.807) is 0 Å². The maximum atomic E-state index is 5.90. The van der Waals surface area contributed by atoms with E-state index in [9.17, 15) is 0 Å². The first-order valence-corrected chi connectivity index (χ1v) is 8.85. The lowest BCUT2D eigenvalue weighted by atomic mass is 9.68. The number of rotatable bonds is 4. The summed E-state index contributed by atoms with van der Waals surface area (Å²) in [5.74, 6) is 0. The molecule has 21 heavy (non-hydrogen) atoms. The number of piperidine rings is 1. The van der Waals surface area contributed by atoms with Crippen molar-refractivity contribution in [1.82, 2.24) is 4.90 Å². The van der Waals surface area contributed by atoms with Crippen LogP contribution in [0.4, 0.5) is 5.69 Å². The minimum Gasteiger partial charge on any atom is -0.384 e. The van der Waals surface area contributed by atoms with Crippen LogP contribution in [-0.4, -0.2) is 31.1 Å². The Hall–Kier alpha value is -0.730. The van der Waals surface area contributed by atoms with Crippen molar-refractivity contribution in [3.8, 4) is 0 Å². The molecule has 1 aromatic carbocycles. The molecule has 2 nitrogen and oxygen atoms in total. The first kappa shape index (κ1) is 15.2. The van der Waals surface area contributed by atoms with Crippen LogP contribution in [0.2, 0.25) is 5.02 Å². The van der Waals surface area contributed by atoms with Crippen LogP contribution < -0.4 is 5.32 Å². The zero-order valence-electron chi connectivity index (χ0n) is 12.9. The molecule has 2 fully saturated rings. The molecule has 0 unspecified atom stereocenters. The van der Waals surface area contributed by atoms with Crippen LogP contribution in [0.1, 0.15) is 44.9 Å². The number of hydrogen-bond acceptors (Lipinski definition) is 2. The third-order valence-electron chi connectivity index (χ3n) is 5.43. The van der Waals surface area contributed by atoms with Crippen LogP contribution >= 0.6 is 11.6 Å². The van der Waals surface area contributed by atoms with Gasteiger partial charge < -0.3 is 10.2 Å². The van der Waals surface area contributed by atoms with Gasteiger partial charge in [0.05, 0.1) is 0 Å². The molecule has 0 amide bonds. The van der Waals surface area contributed by atoms with E-state index in [1.807, 2.05) is 12.1 Å². The standard InChI is InChI=1S/C18H27ClN2/c19-16-4-6-17(7-5-16)20-12-15-21-13-10-18(11-14-21)8-2-1-3-9-18/h4-7,20H,1-3,8-15H2. The minimum absolute atomic E-state index is 0.721. The van der Waals surface area contributed by atoms with E-state index in [0.29, 0.717) is 0 Å². The van der Waals surface area contributed by atoms with E-state index in [4.69, 9.17) is 11.6 Å². The molecule has 1 aliphatic carbocycles. The van der Waals surface area contributed by atoms with Gasteiger partial charge in [0.25, 0.3) is 0 Å². The quantitative estimate of drug-likeness (QED) is 0.859. The molecule has 3 heteroatoms. The minimum atomic E-state index is 0.721. The lowest BCUT2D eigenvalue weighted by molar-refractivity contribution is 0.0699. The van der Waals surface area contributed by atoms with E-state index >= 15 is 0 Å². The SMILES string of the molecule is Clc1ccc(NCCN2CCC3(CCCCC3)CC2)cc1. The predicted molar refractivity (Wildman–Crippen MR) is 91.1 cm³/mol. The van der Waals surface area contributed by atoms with Gasteiger partial charge in [-0.1, -0.05) is 30.9 Å². The van der Waals surface area contributed by atoms with Gasteiger partial charge in [-0.05, 0) is 68.5 Å². The number of nitrogens with one attached hydrogen (secondary N) is 1. The summed E-state index contributed by atoms with van der Waals surface area (Å²) < 4.78 is 0. The Kier molecular flexibility index (Phi) is 5.07. The highest BCUT2D eigenvalue weighted by molar-refractivity contribution is 6.30. The van der Waals surface area contributed by atoms with Gasteiger partial charge in [-0.25, -0.2) is 0 Å². The predicted octanol–water partition coefficient (Wildman–Crippen LogP) is 4.80. The molecule has 1 spiro atoms. The molecule has 1 aliphatic heterocycles. The summed E-state index contributed by atoms with van der Waals surface area (Å²) in [6, 6.07) is 7.99. The second-order valence-corrected chi connectivity index (χ2v) is 7.27. The van der Waals surface area contributed by atoms with Gasteiger partial charge in [-0.15, -0.1) is 0 Å². The summed E-state index contributed by atoms with van der Waals surface area (Å²) in [7, 11) is 0. The van der Waals surface area contributed by atoms with Crippen LogP contribution in [0.3, 0.4) is 0 Å². The van der Waals surface area contributed by atoms with Crippen LogP contribution in [0, 0.1) is 5.41 Å². The second kappa shape index (κ2) is 7.02. The summed E-state index contributed by atoms with van der Waals surface area (Å²) in [6.45, 7) is 4.76. The third-order valence-corrected chi connectivity index (χ3v) is 5.68. The Labute approximate surface area is 133 Å². The summed E-state index contributed by atoms with van der Waals surface area (Å²) >= 11 is 5.90. The van der Waals surface area contributed by atoms with Crippen molar-refractivity contribution in [2.45, 2.75) is 44.9 Å². The molecule has 1 heterocycles. The Bertz CT molecular complexity index is 427. The molecule has 1 saturated heterocycles. The molecule has 2 aliphatic rings. The van der Waals surface area contributed by atoms with Crippen molar-refractivity contribution in [2.24, 2.45) is 5.41 Å². The fraction of sp³-hybridized carbons (Fsp3) is 0.667. The van der Waals surface area contributed by atoms with Crippen molar-refractivity contribution in [3.63, 3.8) is 0 Å². The van der Waals surface area contributed by atoms with Gasteiger partial charge in [0.2, 0.25) is 0 Å². The van der Waals surface area contributed by atoms with Crippen molar-refractivity contribution in [3.05, 3.63) is 29.3 Å². The zero-order chi connectivity index (χ0) is 14.5. The van der Waals surface area contributed by atoms with Crippen molar-refractivity contribution >= 4 is 17.3 Å². The number of likely N-dealkylation sites (tertiary alicyclic amines) is 1. The second-order valence-electron chi connectivity index (χ2n) is 6.84. The molecule has 116 valence electrons. The van der Waals surface area contributed by atoms with Gasteiger partial charge in [0.15, 0.2) is 0 Å². The third kappa shape index (κ3) is 4.14. The Balaban J connectivity index is 1.38. The van der Waals surface area contributed by atoms with Gasteiger partial charge in [-0.2, -0.15) is 0 Å². The molecule has 0 bridgehead atoms. The molecule has 3 rings (SSSR count). The monoisotopic (exact) mass is 306 g/mol. The molecule has 1 saturated carbocycles. The number of anilines is 1. The van der Waals surface area contributed by atoms with E-state index in [2.05, 4.69) is 22.3 Å². The highest BCUT2D eigenvalue weighted by atomic mass is 35.5. The van der Waals surface area contributed by atoms with Gasteiger partial charge >= 0.3 is 0 Å². The molecule has 0 radical (unpaired) electrons. The smallest absolute Gasteiger partial charge is 0.0407 e. The van der Waals surface area contributed by atoms with Crippen molar-refractivity contribution in [1.29, 1.82) is 0 Å². The van der Waals surface area contributed by atoms with Crippen LogP contribution in [0.15, 0.2) is 24.3 Å². The summed E-state index contributed by atoms with van der Waals surface area (Å²) in [4.78, 5) is 2.63. The highest BCUT2D eigenvalue weighted by Gasteiger charge is 2.35. The summed E-state index contributed by atoms with van der Waals surface area (Å²) in [5, 5.41) is 4.29. The number of nitrogens with zero attached hydrogens (tertiary/aromatic N) is 1. The Morgan fingerprint density at radius 1 is 0.952 bits per heavy atom. The maximum absolute atomic E-state index is 5.90. The maximum Gasteiger partial charge on any atom is 0.0407 e. The average Bonchev–Trinajstić information content (AvgIpc) is 2.52. The lowest BCUT2D eigenvalue weighted by Gasteiger charge is -2.44. The number of halogens is 1. The molecular formula is C18H27ClN2. The van der Waals surface area contributed by atoms with Crippen molar-refractivity contribution < 1.29 is 0 Å². The summed E-state index contributed by atoms with van der Waals surface area (Å²) in [6.07, 6.45) is 10.2. The fourth-order valence-electron chi connectivity index (χ4n) is 3.98. The molecule has 0 aromatic heterocycles. The van der Waals surface area contributed by atoms with Gasteiger partial charge in [0.1, 0.15) is 0 Å². The van der Waals surface area contributed by atoms with E-state index < -0.39 is 0 Å². The normalized spacial score (nSPS) is 22.3. The molecule has 1 N–H and O–H groups in total. The van der Waals surface area contributed by atoms with E-state index in [-0.39, 0.29) is 0 Å². The van der Waals surface area contributed by atoms with Gasteiger partial charge in [0, 0.05) is 23.8 Å². The summed E-state index contributed by atoms with van der Waals surface area (Å²) in [5.41, 5.74) is 1.89.